The van der Waals surface area contributed by atoms with Crippen molar-refractivity contribution in [3.05, 3.63) is 53.7 Å². The Morgan fingerprint density at radius 2 is 2.12 bits per heavy atom. The van der Waals surface area contributed by atoms with E-state index >= 15 is 0 Å². The average molecular weight is 233 g/mol. The first-order chi connectivity index (χ1) is 8.20. The Kier molecular flexibility index (Phi) is 3.30. The third kappa shape index (κ3) is 2.57. The molecule has 0 aliphatic rings. The van der Waals surface area contributed by atoms with Gasteiger partial charge in [0.15, 0.2) is 0 Å². The van der Waals surface area contributed by atoms with Crippen LogP contribution in [0.1, 0.15) is 17.3 Å². The Morgan fingerprint density at radius 3 is 2.82 bits per heavy atom. The summed E-state index contributed by atoms with van der Waals surface area (Å²) in [5.41, 5.74) is 7.24. The second kappa shape index (κ2) is 4.88. The van der Waals surface area contributed by atoms with Crippen LogP contribution in [0.4, 0.5) is 4.39 Å². The van der Waals surface area contributed by atoms with E-state index < -0.39 is 6.04 Å². The molecule has 2 aromatic rings. The fourth-order valence-electron chi connectivity index (χ4n) is 1.51. The van der Waals surface area contributed by atoms with E-state index in [0.29, 0.717) is 17.1 Å². The molecule has 2 rings (SSSR count). The number of hydrogen-bond donors (Lipinski definition) is 1. The normalized spacial score (nSPS) is 12.2. The number of hydrogen-bond acceptors (Lipinski definition) is 4. The maximum atomic E-state index is 13.1. The molecule has 0 spiro atoms. The van der Waals surface area contributed by atoms with Gasteiger partial charge in [-0.1, -0.05) is 12.1 Å². The van der Waals surface area contributed by atoms with Crippen LogP contribution < -0.4 is 10.5 Å². The molecule has 1 aromatic carbocycles. The molecule has 1 heterocycles. The van der Waals surface area contributed by atoms with Crippen molar-refractivity contribution in [2.24, 2.45) is 5.73 Å². The number of nitrogens with two attached hydrogens (primary N) is 1. The summed E-state index contributed by atoms with van der Waals surface area (Å²) in [5, 5.41) is 0. The third-order valence-corrected chi connectivity index (χ3v) is 2.40. The van der Waals surface area contributed by atoms with Gasteiger partial charge in [-0.25, -0.2) is 14.4 Å². The lowest BCUT2D eigenvalue weighted by Gasteiger charge is -2.11. The van der Waals surface area contributed by atoms with Crippen LogP contribution in [0.15, 0.2) is 36.7 Å². The molecule has 88 valence electrons. The largest absolute Gasteiger partial charge is 0.481 e. The van der Waals surface area contributed by atoms with Crippen LogP contribution in [0.25, 0.3) is 0 Å². The van der Waals surface area contributed by atoms with Gasteiger partial charge in [0, 0.05) is 6.07 Å². The van der Waals surface area contributed by atoms with Crippen molar-refractivity contribution in [1.29, 1.82) is 0 Å². The quantitative estimate of drug-likeness (QED) is 0.876. The predicted molar refractivity (Wildman–Crippen MR) is 61.0 cm³/mol. The molecule has 0 amide bonds. The van der Waals surface area contributed by atoms with Crippen molar-refractivity contribution in [3.8, 4) is 5.88 Å². The molecule has 1 aromatic heterocycles. The summed E-state index contributed by atoms with van der Waals surface area (Å²) < 4.78 is 18.1. The number of nitrogens with zero attached hydrogens (tertiary/aromatic N) is 2. The minimum Gasteiger partial charge on any atom is -0.481 e. The first-order valence-corrected chi connectivity index (χ1v) is 5.07. The lowest BCUT2D eigenvalue weighted by molar-refractivity contribution is 0.395. The van der Waals surface area contributed by atoms with Gasteiger partial charge in [-0.15, -0.1) is 0 Å². The highest BCUT2D eigenvalue weighted by atomic mass is 19.1. The van der Waals surface area contributed by atoms with Gasteiger partial charge < -0.3 is 10.5 Å². The van der Waals surface area contributed by atoms with E-state index in [2.05, 4.69) is 9.97 Å². The zero-order valence-electron chi connectivity index (χ0n) is 9.30. The first-order valence-electron chi connectivity index (χ1n) is 5.07. The molecule has 5 heteroatoms. The van der Waals surface area contributed by atoms with Crippen molar-refractivity contribution in [2.45, 2.75) is 6.04 Å². The number of benzene rings is 1. The van der Waals surface area contributed by atoms with Crippen molar-refractivity contribution in [3.63, 3.8) is 0 Å². The Hall–Kier alpha value is -2.01. The molecule has 1 unspecified atom stereocenters. The maximum absolute atomic E-state index is 13.1. The molecule has 0 fully saturated rings. The van der Waals surface area contributed by atoms with Gasteiger partial charge >= 0.3 is 0 Å². The Bertz CT molecular complexity index is 519. The van der Waals surface area contributed by atoms with E-state index in [1.807, 2.05) is 0 Å². The van der Waals surface area contributed by atoms with Gasteiger partial charge in [0.05, 0.1) is 18.8 Å². The molecule has 0 saturated heterocycles. The summed E-state index contributed by atoms with van der Waals surface area (Å²) in [6, 6.07) is 7.26. The Labute approximate surface area is 98.3 Å². The van der Waals surface area contributed by atoms with Crippen molar-refractivity contribution >= 4 is 0 Å². The van der Waals surface area contributed by atoms with Crippen LogP contribution >= 0.6 is 0 Å². The molecular weight excluding hydrogens is 221 g/mol. The molecule has 1 atom stereocenters. The van der Waals surface area contributed by atoms with E-state index in [4.69, 9.17) is 10.5 Å². The molecule has 0 radical (unpaired) electrons. The molecule has 4 nitrogen and oxygen atoms in total. The third-order valence-electron chi connectivity index (χ3n) is 2.40. The molecule has 0 saturated carbocycles. The van der Waals surface area contributed by atoms with Gasteiger partial charge in [0.25, 0.3) is 0 Å². The lowest BCUT2D eigenvalue weighted by Crippen LogP contribution is -2.14. The fourth-order valence-corrected chi connectivity index (χ4v) is 1.51. The summed E-state index contributed by atoms with van der Waals surface area (Å²) >= 11 is 0. The second-order valence-corrected chi connectivity index (χ2v) is 3.52. The van der Waals surface area contributed by atoms with Crippen LogP contribution in [0.2, 0.25) is 0 Å². The van der Waals surface area contributed by atoms with Crippen LogP contribution in [-0.2, 0) is 0 Å². The number of aromatic nitrogens is 2. The zero-order valence-corrected chi connectivity index (χ0v) is 9.30. The highest BCUT2D eigenvalue weighted by Gasteiger charge is 2.12. The number of halogens is 1. The smallest absolute Gasteiger partial charge is 0.216 e. The lowest BCUT2D eigenvalue weighted by atomic mass is 10.0. The van der Waals surface area contributed by atoms with Crippen LogP contribution in [0.5, 0.6) is 5.88 Å². The van der Waals surface area contributed by atoms with E-state index in [9.17, 15) is 4.39 Å². The molecule has 17 heavy (non-hydrogen) atoms. The predicted octanol–water partition coefficient (Wildman–Crippen LogP) is 1.67. The number of rotatable bonds is 3. The van der Waals surface area contributed by atoms with Gasteiger partial charge in [-0.3, -0.25) is 0 Å². The Morgan fingerprint density at radius 1 is 1.29 bits per heavy atom. The monoisotopic (exact) mass is 233 g/mol. The van der Waals surface area contributed by atoms with Crippen LogP contribution in [-0.4, -0.2) is 17.1 Å². The summed E-state index contributed by atoms with van der Waals surface area (Å²) in [5.74, 6) is 0.112. The minimum absolute atomic E-state index is 0.320. The van der Waals surface area contributed by atoms with Gasteiger partial charge in [-0.2, -0.15) is 0 Å². The number of methoxy groups -OCH3 is 1. The number of ether oxygens (including phenoxy) is 1. The van der Waals surface area contributed by atoms with E-state index in [1.165, 1.54) is 25.6 Å². The average Bonchev–Trinajstić information content (AvgIpc) is 2.38. The van der Waals surface area contributed by atoms with Gasteiger partial charge in [-0.05, 0) is 17.7 Å². The summed E-state index contributed by atoms with van der Waals surface area (Å²) in [7, 11) is 1.51. The van der Waals surface area contributed by atoms with Crippen LogP contribution in [0, 0.1) is 5.82 Å². The van der Waals surface area contributed by atoms with E-state index in [0.717, 1.165) is 0 Å². The standard InChI is InChI=1S/C12H12FN3O/c1-17-11-6-10(15-7-16-11)12(14)8-3-2-4-9(13)5-8/h2-7,12H,14H2,1H3. The topological polar surface area (TPSA) is 61.0 Å². The van der Waals surface area contributed by atoms with Gasteiger partial charge in [0.2, 0.25) is 5.88 Å². The highest BCUT2D eigenvalue weighted by molar-refractivity contribution is 5.29. The fraction of sp³-hybridized carbons (Fsp3) is 0.167. The van der Waals surface area contributed by atoms with E-state index in [-0.39, 0.29) is 5.82 Å². The summed E-state index contributed by atoms with van der Waals surface area (Å²) in [4.78, 5) is 7.94. The molecule has 0 bridgehead atoms. The second-order valence-electron chi connectivity index (χ2n) is 3.52. The molecule has 0 aliphatic carbocycles. The SMILES string of the molecule is COc1cc(C(N)c2cccc(F)c2)ncn1. The zero-order chi connectivity index (χ0) is 12.3. The van der Waals surface area contributed by atoms with Crippen molar-refractivity contribution < 1.29 is 9.13 Å². The molecular formula is C12H12FN3O. The first kappa shape index (κ1) is 11.5. The summed E-state index contributed by atoms with van der Waals surface area (Å²) in [6.07, 6.45) is 1.37. The van der Waals surface area contributed by atoms with Crippen LogP contribution in [0.3, 0.4) is 0 Å². The minimum atomic E-state index is -0.498. The molecule has 2 N–H and O–H groups in total. The molecule has 0 aliphatic heterocycles. The van der Waals surface area contributed by atoms with Gasteiger partial charge in [0.1, 0.15) is 12.1 Å². The van der Waals surface area contributed by atoms with Crippen molar-refractivity contribution in [2.75, 3.05) is 7.11 Å². The summed E-state index contributed by atoms with van der Waals surface area (Å²) in [6.45, 7) is 0. The Balaban J connectivity index is 2.33. The maximum Gasteiger partial charge on any atom is 0.216 e. The highest BCUT2D eigenvalue weighted by Crippen LogP contribution is 2.20. The van der Waals surface area contributed by atoms with E-state index in [1.54, 1.807) is 18.2 Å². The van der Waals surface area contributed by atoms with Crippen molar-refractivity contribution in [1.82, 2.24) is 9.97 Å².